The summed E-state index contributed by atoms with van der Waals surface area (Å²) in [5.74, 6) is 0.136. The first-order valence-corrected chi connectivity index (χ1v) is 11.0. The Morgan fingerprint density at radius 3 is 2.48 bits per heavy atom. The van der Waals surface area contributed by atoms with E-state index in [1.54, 1.807) is 9.80 Å². The Hall–Kier alpha value is -2.12. The van der Waals surface area contributed by atoms with Gasteiger partial charge >= 0.3 is 6.09 Å². The zero-order valence-corrected chi connectivity index (χ0v) is 17.8. The minimum Gasteiger partial charge on any atom is -0.450 e. The summed E-state index contributed by atoms with van der Waals surface area (Å²) in [6.07, 6.45) is 1.36. The van der Waals surface area contributed by atoms with Gasteiger partial charge in [-0.1, -0.05) is 29.8 Å². The minimum absolute atomic E-state index is 0.136. The Bertz CT molecular complexity index is 680. The number of ether oxygens (including phenoxy) is 1. The van der Waals surface area contributed by atoms with Crippen LogP contribution >= 0.6 is 0 Å². The molecule has 3 N–H and O–H groups in total. The van der Waals surface area contributed by atoms with Crippen LogP contribution in [0.2, 0.25) is 0 Å². The van der Waals surface area contributed by atoms with Crippen LogP contribution in [-0.2, 0) is 16.1 Å². The van der Waals surface area contributed by atoms with Crippen LogP contribution in [0.5, 0.6) is 0 Å². The highest BCUT2D eigenvalue weighted by molar-refractivity contribution is 5.77. The van der Waals surface area contributed by atoms with Crippen LogP contribution in [0.3, 0.4) is 0 Å². The molecule has 0 saturated carbocycles. The Morgan fingerprint density at radius 2 is 1.83 bits per heavy atom. The van der Waals surface area contributed by atoms with E-state index >= 15 is 0 Å². The van der Waals surface area contributed by atoms with E-state index in [2.05, 4.69) is 36.5 Å². The highest BCUT2D eigenvalue weighted by atomic mass is 16.6. The van der Waals surface area contributed by atoms with E-state index in [1.165, 1.54) is 16.0 Å². The lowest BCUT2D eigenvalue weighted by molar-refractivity contribution is -1.02. The lowest BCUT2D eigenvalue weighted by Gasteiger charge is -2.32. The van der Waals surface area contributed by atoms with Crippen molar-refractivity contribution in [3.63, 3.8) is 0 Å². The molecule has 2 heterocycles. The predicted molar refractivity (Wildman–Crippen MR) is 111 cm³/mol. The first-order chi connectivity index (χ1) is 14.0. The molecule has 3 rings (SSSR count). The number of aryl methyl sites for hydroxylation is 1. The van der Waals surface area contributed by atoms with Crippen molar-refractivity contribution in [3.8, 4) is 0 Å². The summed E-state index contributed by atoms with van der Waals surface area (Å²) in [6, 6.07) is 8.92. The lowest BCUT2D eigenvalue weighted by Crippen LogP contribution is -3.28. The number of hydrogen-bond acceptors (Lipinski definition) is 3. The molecule has 29 heavy (non-hydrogen) atoms. The van der Waals surface area contributed by atoms with Crippen molar-refractivity contribution >= 4 is 12.0 Å². The Kier molecular flexibility index (Phi) is 7.89. The number of nitrogens with one attached hydrogen (secondary N) is 3. The number of carbonyl (C=O) groups is 2. The number of benzene rings is 1. The smallest absolute Gasteiger partial charge is 0.409 e. The van der Waals surface area contributed by atoms with Gasteiger partial charge in [0.1, 0.15) is 32.7 Å². The fourth-order valence-electron chi connectivity index (χ4n) is 4.35. The number of carbonyl (C=O) groups excluding carboxylic acids is 2. The van der Waals surface area contributed by atoms with Crippen LogP contribution in [-0.4, -0.2) is 75.4 Å². The first-order valence-electron chi connectivity index (χ1n) is 11.0. The second-order valence-corrected chi connectivity index (χ2v) is 8.37. The predicted octanol–water partition coefficient (Wildman–Crippen LogP) is -0.984. The average Bonchev–Trinajstić information content (AvgIpc) is 2.70. The van der Waals surface area contributed by atoms with Gasteiger partial charge in [-0.2, -0.15) is 0 Å². The van der Waals surface area contributed by atoms with Crippen LogP contribution in [0.1, 0.15) is 30.9 Å². The highest BCUT2D eigenvalue weighted by Gasteiger charge is 2.28. The molecule has 0 radical (unpaired) electrons. The van der Waals surface area contributed by atoms with Crippen LogP contribution in [0, 0.1) is 6.92 Å². The standard InChI is InChI=1S/C22H34N4O3/c1-3-29-22(28)26-9-7-20(8-10-26)23-21(27)17-25-13-11-24(12-14-25)16-19-6-4-5-18(2)15-19/h4-6,15,20H,3,7-14,16-17H2,1-2H3,(H,23,27)/p+2. The number of likely N-dealkylation sites (tertiary alicyclic amines) is 1. The molecule has 0 atom stereocenters. The van der Waals surface area contributed by atoms with E-state index in [0.29, 0.717) is 26.2 Å². The summed E-state index contributed by atoms with van der Waals surface area (Å²) in [7, 11) is 0. The van der Waals surface area contributed by atoms with Gasteiger partial charge < -0.3 is 24.8 Å². The summed E-state index contributed by atoms with van der Waals surface area (Å²) in [5.41, 5.74) is 2.71. The Morgan fingerprint density at radius 1 is 1.14 bits per heavy atom. The fourth-order valence-corrected chi connectivity index (χ4v) is 4.35. The van der Waals surface area contributed by atoms with Crippen molar-refractivity contribution in [3.05, 3.63) is 35.4 Å². The van der Waals surface area contributed by atoms with Gasteiger partial charge in [0.2, 0.25) is 0 Å². The van der Waals surface area contributed by atoms with Gasteiger partial charge in [0.05, 0.1) is 6.61 Å². The van der Waals surface area contributed by atoms with E-state index < -0.39 is 0 Å². The third-order valence-corrected chi connectivity index (χ3v) is 6.00. The molecule has 2 fully saturated rings. The molecular weight excluding hydrogens is 368 g/mol. The summed E-state index contributed by atoms with van der Waals surface area (Å²) >= 11 is 0. The Labute approximate surface area is 174 Å². The largest absolute Gasteiger partial charge is 0.450 e. The van der Waals surface area contributed by atoms with Crippen molar-refractivity contribution in [1.29, 1.82) is 0 Å². The SMILES string of the molecule is CCOC(=O)N1CCC(NC(=O)C[NH+]2CC[NH+](Cc3cccc(C)c3)CC2)CC1. The third kappa shape index (κ3) is 6.72. The molecule has 0 aliphatic carbocycles. The average molecular weight is 405 g/mol. The van der Waals surface area contributed by atoms with Crippen LogP contribution in [0.25, 0.3) is 0 Å². The second-order valence-electron chi connectivity index (χ2n) is 8.37. The van der Waals surface area contributed by atoms with E-state index in [4.69, 9.17) is 4.74 Å². The molecule has 0 spiro atoms. The normalized spacial score (nSPS) is 22.9. The number of quaternary nitrogens is 2. The van der Waals surface area contributed by atoms with Gasteiger partial charge in [-0.05, 0) is 26.7 Å². The molecule has 2 aliphatic rings. The number of hydrogen-bond donors (Lipinski definition) is 3. The molecule has 7 heteroatoms. The van der Waals surface area contributed by atoms with Gasteiger partial charge in [-0.3, -0.25) is 4.79 Å². The molecule has 0 aromatic heterocycles. The molecule has 1 aromatic carbocycles. The maximum Gasteiger partial charge on any atom is 0.409 e. The topological polar surface area (TPSA) is 67.5 Å². The van der Waals surface area contributed by atoms with Gasteiger partial charge in [0.15, 0.2) is 6.54 Å². The van der Waals surface area contributed by atoms with E-state index in [0.717, 1.165) is 45.6 Å². The summed E-state index contributed by atoms with van der Waals surface area (Å²) in [5, 5.41) is 3.17. The van der Waals surface area contributed by atoms with Gasteiger partial charge in [-0.15, -0.1) is 0 Å². The monoisotopic (exact) mass is 404 g/mol. The van der Waals surface area contributed by atoms with E-state index in [-0.39, 0.29) is 18.0 Å². The highest BCUT2D eigenvalue weighted by Crippen LogP contribution is 2.11. The number of piperidine rings is 1. The second kappa shape index (κ2) is 10.6. The van der Waals surface area contributed by atoms with Crippen molar-refractivity contribution in [2.24, 2.45) is 0 Å². The van der Waals surface area contributed by atoms with Crippen molar-refractivity contribution in [2.45, 2.75) is 39.3 Å². The fraction of sp³-hybridized carbons (Fsp3) is 0.636. The number of amides is 2. The molecule has 2 saturated heterocycles. The maximum absolute atomic E-state index is 12.5. The first kappa shape index (κ1) is 21.6. The minimum atomic E-state index is -0.243. The van der Waals surface area contributed by atoms with Crippen LogP contribution in [0.15, 0.2) is 24.3 Å². The number of nitrogens with zero attached hydrogens (tertiary/aromatic N) is 1. The van der Waals surface area contributed by atoms with E-state index in [1.807, 2.05) is 6.92 Å². The quantitative estimate of drug-likeness (QED) is 0.571. The Balaban J connectivity index is 1.33. The van der Waals surface area contributed by atoms with Crippen molar-refractivity contribution in [1.82, 2.24) is 10.2 Å². The van der Waals surface area contributed by atoms with Crippen molar-refractivity contribution < 1.29 is 24.1 Å². The molecule has 0 bridgehead atoms. The maximum atomic E-state index is 12.5. The molecule has 0 unspecified atom stereocenters. The molecular formula is C22H36N4O3+2. The molecule has 160 valence electrons. The van der Waals surface area contributed by atoms with E-state index in [9.17, 15) is 9.59 Å². The summed E-state index contributed by atoms with van der Waals surface area (Å²) in [6.45, 7) is 11.6. The van der Waals surface area contributed by atoms with Gasteiger partial charge in [0, 0.05) is 24.7 Å². The molecule has 2 aliphatic heterocycles. The van der Waals surface area contributed by atoms with Gasteiger partial charge in [-0.25, -0.2) is 4.79 Å². The summed E-state index contributed by atoms with van der Waals surface area (Å²) in [4.78, 5) is 28.9. The third-order valence-electron chi connectivity index (χ3n) is 6.00. The van der Waals surface area contributed by atoms with Crippen LogP contribution in [0.4, 0.5) is 4.79 Å². The molecule has 1 aromatic rings. The van der Waals surface area contributed by atoms with Crippen molar-refractivity contribution in [2.75, 3.05) is 52.4 Å². The summed E-state index contributed by atoms with van der Waals surface area (Å²) < 4.78 is 5.04. The molecule has 2 amide bonds. The lowest BCUT2D eigenvalue weighted by atomic mass is 10.1. The van der Waals surface area contributed by atoms with Gasteiger partial charge in [0.25, 0.3) is 5.91 Å². The number of rotatable bonds is 6. The zero-order chi connectivity index (χ0) is 20.6. The zero-order valence-electron chi connectivity index (χ0n) is 17.8. The van der Waals surface area contributed by atoms with Crippen LogP contribution < -0.4 is 15.1 Å². The number of piperazine rings is 1. The molecule has 7 nitrogen and oxygen atoms in total.